The van der Waals surface area contributed by atoms with Gasteiger partial charge in [0, 0.05) is 23.7 Å². The number of rotatable bonds is 3. The second kappa shape index (κ2) is 6.39. The molecule has 2 aliphatic rings. The van der Waals surface area contributed by atoms with Crippen LogP contribution in [0, 0.1) is 0 Å². The molecule has 0 radical (unpaired) electrons. The van der Waals surface area contributed by atoms with E-state index in [0.29, 0.717) is 18.7 Å². The zero-order valence-corrected chi connectivity index (χ0v) is 16.4. The second-order valence-corrected chi connectivity index (χ2v) is 8.14. The van der Waals surface area contributed by atoms with Crippen molar-refractivity contribution >= 4 is 28.4 Å². The average molecular weight is 392 g/mol. The third-order valence-corrected chi connectivity index (χ3v) is 6.30. The van der Waals surface area contributed by atoms with E-state index in [2.05, 4.69) is 45.9 Å². The first-order chi connectivity index (χ1) is 14.7. The van der Waals surface area contributed by atoms with Crippen LogP contribution in [0.2, 0.25) is 0 Å². The van der Waals surface area contributed by atoms with E-state index < -0.39 is 5.41 Å². The maximum Gasteiger partial charge on any atom is 0.237 e. The lowest BCUT2D eigenvalue weighted by Gasteiger charge is -2.20. The third-order valence-electron chi connectivity index (χ3n) is 6.30. The van der Waals surface area contributed by atoms with E-state index >= 15 is 0 Å². The number of anilines is 2. The van der Waals surface area contributed by atoms with Crippen molar-refractivity contribution in [1.29, 1.82) is 0 Å². The van der Waals surface area contributed by atoms with Crippen molar-refractivity contribution in [1.82, 2.24) is 9.97 Å². The molecular weight excluding hydrogens is 372 g/mol. The first kappa shape index (κ1) is 17.2. The van der Waals surface area contributed by atoms with Gasteiger partial charge in [-0.1, -0.05) is 36.4 Å². The largest absolute Gasteiger partial charge is 0.366 e. The Hall–Kier alpha value is -3.73. The highest BCUT2D eigenvalue weighted by Crippen LogP contribution is 2.47. The maximum atomic E-state index is 12.9. The Labute approximate surface area is 174 Å². The molecular formula is C25H20N4O. The van der Waals surface area contributed by atoms with Crippen molar-refractivity contribution in [3.63, 3.8) is 0 Å². The highest BCUT2D eigenvalue weighted by atomic mass is 16.2. The molecule has 1 amide bonds. The number of nitrogens with one attached hydrogen (secondary N) is 2. The molecule has 5 heteroatoms. The summed E-state index contributed by atoms with van der Waals surface area (Å²) in [5.41, 5.74) is 5.05. The summed E-state index contributed by atoms with van der Waals surface area (Å²) in [5.74, 6) is 1.60. The maximum absolute atomic E-state index is 12.9. The summed E-state index contributed by atoms with van der Waals surface area (Å²) in [4.78, 5) is 22.1. The summed E-state index contributed by atoms with van der Waals surface area (Å²) >= 11 is 0. The second-order valence-electron chi connectivity index (χ2n) is 8.14. The smallest absolute Gasteiger partial charge is 0.237 e. The van der Waals surface area contributed by atoms with Crippen molar-refractivity contribution in [2.75, 3.05) is 10.6 Å². The summed E-state index contributed by atoms with van der Waals surface area (Å²) in [7, 11) is 0. The zero-order chi connectivity index (χ0) is 20.1. The highest BCUT2D eigenvalue weighted by Gasteiger charge is 2.51. The molecule has 1 spiro atoms. The first-order valence-corrected chi connectivity index (χ1v) is 10.2. The predicted molar refractivity (Wildman–Crippen MR) is 117 cm³/mol. The van der Waals surface area contributed by atoms with Gasteiger partial charge in [-0.15, -0.1) is 0 Å². The van der Waals surface area contributed by atoms with E-state index in [-0.39, 0.29) is 5.91 Å². The summed E-state index contributed by atoms with van der Waals surface area (Å²) in [5, 5.41) is 7.48. The zero-order valence-electron chi connectivity index (χ0n) is 16.4. The van der Waals surface area contributed by atoms with Crippen LogP contribution in [-0.2, 0) is 29.6 Å². The van der Waals surface area contributed by atoms with Crippen molar-refractivity contribution in [3.8, 4) is 0 Å². The molecule has 146 valence electrons. The first-order valence-electron chi connectivity index (χ1n) is 10.2. The Kier molecular flexibility index (Phi) is 3.65. The van der Waals surface area contributed by atoms with Gasteiger partial charge in [0.2, 0.25) is 5.91 Å². The standard InChI is InChI=1S/C25H20N4O/c30-24-25(20-7-4-10-26-23(20)29-24)13-18-11-17-8-9-22(28-21(17)12-19(18)14-25)27-15-16-5-2-1-3-6-16/h1-12H,13-15H2,(H,27,28)(H,26,29,30). The minimum absolute atomic E-state index is 0.0506. The molecule has 2 aromatic carbocycles. The van der Waals surface area contributed by atoms with Gasteiger partial charge in [-0.25, -0.2) is 9.97 Å². The molecule has 6 rings (SSSR count). The lowest BCUT2D eigenvalue weighted by atomic mass is 9.79. The molecule has 1 aliphatic carbocycles. The van der Waals surface area contributed by atoms with Gasteiger partial charge in [0.25, 0.3) is 0 Å². The topological polar surface area (TPSA) is 66.9 Å². The summed E-state index contributed by atoms with van der Waals surface area (Å²) in [6.45, 7) is 0.733. The van der Waals surface area contributed by atoms with E-state index in [0.717, 1.165) is 28.8 Å². The minimum atomic E-state index is -0.544. The van der Waals surface area contributed by atoms with E-state index in [1.165, 1.54) is 16.7 Å². The van der Waals surface area contributed by atoms with Gasteiger partial charge in [-0.3, -0.25) is 4.79 Å². The van der Waals surface area contributed by atoms with Crippen molar-refractivity contribution < 1.29 is 4.79 Å². The fourth-order valence-corrected chi connectivity index (χ4v) is 4.78. The molecule has 0 saturated carbocycles. The monoisotopic (exact) mass is 392 g/mol. The Morgan fingerprint density at radius 2 is 1.80 bits per heavy atom. The van der Waals surface area contributed by atoms with Crippen molar-refractivity contribution in [2.24, 2.45) is 0 Å². The quantitative estimate of drug-likeness (QED) is 0.548. The Morgan fingerprint density at radius 3 is 2.67 bits per heavy atom. The Bertz CT molecular complexity index is 1300. The number of carbonyl (C=O) groups excluding carboxylic acids is 1. The number of fused-ring (bicyclic) bond motifs is 4. The molecule has 4 aromatic rings. The summed E-state index contributed by atoms with van der Waals surface area (Å²) < 4.78 is 0. The average Bonchev–Trinajstić information content (AvgIpc) is 3.28. The molecule has 30 heavy (non-hydrogen) atoms. The van der Waals surface area contributed by atoms with Crippen LogP contribution < -0.4 is 10.6 Å². The van der Waals surface area contributed by atoms with E-state index in [4.69, 9.17) is 4.98 Å². The van der Waals surface area contributed by atoms with Gasteiger partial charge >= 0.3 is 0 Å². The lowest BCUT2D eigenvalue weighted by Crippen LogP contribution is -2.35. The number of carbonyl (C=O) groups is 1. The molecule has 0 bridgehead atoms. The molecule has 2 aromatic heterocycles. The van der Waals surface area contributed by atoms with Crippen LogP contribution in [0.5, 0.6) is 0 Å². The number of amides is 1. The molecule has 0 saturated heterocycles. The van der Waals surface area contributed by atoms with Gasteiger partial charge in [-0.05, 0) is 59.9 Å². The fraction of sp³-hybridized carbons (Fsp3) is 0.160. The van der Waals surface area contributed by atoms with Crippen LogP contribution in [0.15, 0.2) is 72.9 Å². The SMILES string of the molecule is O=C1Nc2ncccc2C12Cc1cc3ccc(NCc4ccccc4)nc3cc1C2. The summed E-state index contributed by atoms with van der Waals surface area (Å²) in [6, 6.07) is 22.7. The van der Waals surface area contributed by atoms with Crippen LogP contribution in [0.3, 0.4) is 0 Å². The van der Waals surface area contributed by atoms with Crippen LogP contribution in [-0.4, -0.2) is 15.9 Å². The number of benzene rings is 2. The van der Waals surface area contributed by atoms with Crippen molar-refractivity contribution in [3.05, 3.63) is 95.2 Å². The molecule has 1 unspecified atom stereocenters. The molecule has 2 N–H and O–H groups in total. The number of pyridine rings is 2. The van der Waals surface area contributed by atoms with Gasteiger partial charge in [0.05, 0.1) is 10.9 Å². The van der Waals surface area contributed by atoms with Gasteiger partial charge in [0.15, 0.2) is 0 Å². The normalized spacial score (nSPS) is 19.0. The third kappa shape index (κ3) is 2.59. The lowest BCUT2D eigenvalue weighted by molar-refractivity contribution is -0.120. The number of hydrogen-bond acceptors (Lipinski definition) is 4. The molecule has 5 nitrogen and oxygen atoms in total. The molecule has 0 fully saturated rings. The minimum Gasteiger partial charge on any atom is -0.366 e. The fourth-order valence-electron chi connectivity index (χ4n) is 4.78. The van der Waals surface area contributed by atoms with Crippen LogP contribution in [0.4, 0.5) is 11.6 Å². The van der Waals surface area contributed by atoms with Crippen LogP contribution in [0.25, 0.3) is 10.9 Å². The molecule has 1 aliphatic heterocycles. The van der Waals surface area contributed by atoms with E-state index in [9.17, 15) is 4.79 Å². The number of hydrogen-bond donors (Lipinski definition) is 2. The molecule has 1 atom stereocenters. The predicted octanol–water partition coefficient (Wildman–Crippen LogP) is 4.23. The number of nitrogens with zero attached hydrogens (tertiary/aromatic N) is 2. The van der Waals surface area contributed by atoms with Gasteiger partial charge in [0.1, 0.15) is 11.6 Å². The summed E-state index contributed by atoms with van der Waals surface area (Å²) in [6.07, 6.45) is 3.12. The molecule has 3 heterocycles. The van der Waals surface area contributed by atoms with E-state index in [1.807, 2.05) is 36.4 Å². The van der Waals surface area contributed by atoms with Gasteiger partial charge < -0.3 is 10.6 Å². The van der Waals surface area contributed by atoms with Crippen molar-refractivity contribution in [2.45, 2.75) is 24.8 Å². The van der Waals surface area contributed by atoms with Crippen LogP contribution >= 0.6 is 0 Å². The van der Waals surface area contributed by atoms with E-state index in [1.54, 1.807) is 6.20 Å². The Morgan fingerprint density at radius 1 is 0.967 bits per heavy atom. The Balaban J connectivity index is 1.33. The van der Waals surface area contributed by atoms with Gasteiger partial charge in [-0.2, -0.15) is 0 Å². The number of aromatic nitrogens is 2. The van der Waals surface area contributed by atoms with Crippen LogP contribution in [0.1, 0.15) is 22.3 Å². The highest BCUT2D eigenvalue weighted by molar-refractivity contribution is 6.06.